The van der Waals surface area contributed by atoms with Crippen LogP contribution in [0.4, 0.5) is 0 Å². The van der Waals surface area contributed by atoms with Gasteiger partial charge in [-0.1, -0.05) is 16.8 Å². The highest BCUT2D eigenvalue weighted by atomic mass is 16.5. The van der Waals surface area contributed by atoms with Gasteiger partial charge < -0.3 is 9.84 Å². The fourth-order valence-electron chi connectivity index (χ4n) is 3.82. The zero-order valence-electron chi connectivity index (χ0n) is 16.2. The summed E-state index contributed by atoms with van der Waals surface area (Å²) in [4.78, 5) is 17.1. The van der Waals surface area contributed by atoms with Gasteiger partial charge in [0.2, 0.25) is 5.91 Å². The Hall–Kier alpha value is -1.66. The summed E-state index contributed by atoms with van der Waals surface area (Å²) in [6.45, 7) is 9.26. The van der Waals surface area contributed by atoms with Crippen molar-refractivity contribution in [1.29, 1.82) is 0 Å². The molecule has 1 aromatic heterocycles. The molecule has 0 aromatic carbocycles. The Bertz CT molecular complexity index is 617. The quantitative estimate of drug-likeness (QED) is 0.757. The average molecular weight is 361 g/mol. The lowest BCUT2D eigenvalue weighted by atomic mass is 9.97. The monoisotopic (exact) mass is 360 g/mol. The van der Waals surface area contributed by atoms with Crippen molar-refractivity contribution in [2.45, 2.75) is 58.5 Å². The number of carbonyl (C=O) groups excluding carboxylic acids is 1. The van der Waals surface area contributed by atoms with Crippen LogP contribution in [0.3, 0.4) is 0 Å². The van der Waals surface area contributed by atoms with Crippen LogP contribution >= 0.6 is 0 Å². The summed E-state index contributed by atoms with van der Waals surface area (Å²) in [6.07, 6.45) is 8.39. The smallest absolute Gasteiger partial charge is 0.237 e. The maximum absolute atomic E-state index is 12.5. The minimum atomic E-state index is -0.0632. The van der Waals surface area contributed by atoms with E-state index in [-0.39, 0.29) is 11.9 Å². The number of nitrogens with zero attached hydrogens (tertiary/aromatic N) is 3. The predicted molar refractivity (Wildman–Crippen MR) is 102 cm³/mol. The summed E-state index contributed by atoms with van der Waals surface area (Å²) in [6, 6.07) is 1.93. The minimum absolute atomic E-state index is 0.0632. The van der Waals surface area contributed by atoms with E-state index in [0.29, 0.717) is 0 Å². The van der Waals surface area contributed by atoms with E-state index in [2.05, 4.69) is 26.3 Å². The van der Waals surface area contributed by atoms with Gasteiger partial charge in [0.25, 0.3) is 0 Å². The van der Waals surface area contributed by atoms with Gasteiger partial charge in [0.05, 0.1) is 11.7 Å². The minimum Gasteiger partial charge on any atom is -0.361 e. The normalized spacial score (nSPS) is 20.6. The van der Waals surface area contributed by atoms with Crippen molar-refractivity contribution < 1.29 is 9.32 Å². The number of aromatic nitrogens is 1. The number of hydrogen-bond acceptors (Lipinski definition) is 5. The van der Waals surface area contributed by atoms with Crippen LogP contribution < -0.4 is 5.32 Å². The molecule has 26 heavy (non-hydrogen) atoms. The molecular weight excluding hydrogens is 328 g/mol. The van der Waals surface area contributed by atoms with Crippen molar-refractivity contribution in [3.63, 3.8) is 0 Å². The molecule has 1 aliphatic carbocycles. The van der Waals surface area contributed by atoms with E-state index in [1.807, 2.05) is 19.9 Å². The third-order valence-electron chi connectivity index (χ3n) is 5.53. The maximum atomic E-state index is 12.5. The molecule has 1 fully saturated rings. The van der Waals surface area contributed by atoms with Gasteiger partial charge in [0, 0.05) is 45.3 Å². The summed E-state index contributed by atoms with van der Waals surface area (Å²) in [7, 11) is 0. The first kappa shape index (κ1) is 19.1. The third-order valence-corrected chi connectivity index (χ3v) is 5.53. The van der Waals surface area contributed by atoms with Crippen LogP contribution in [0.5, 0.6) is 0 Å². The largest absolute Gasteiger partial charge is 0.361 e. The Kier molecular flexibility index (Phi) is 6.86. The van der Waals surface area contributed by atoms with Gasteiger partial charge in [-0.3, -0.25) is 14.6 Å². The van der Waals surface area contributed by atoms with Gasteiger partial charge >= 0.3 is 0 Å². The zero-order valence-corrected chi connectivity index (χ0v) is 16.2. The van der Waals surface area contributed by atoms with Crippen LogP contribution in [-0.4, -0.2) is 59.6 Å². The van der Waals surface area contributed by atoms with Crippen molar-refractivity contribution in [3.05, 3.63) is 29.2 Å². The Morgan fingerprint density at radius 1 is 1.31 bits per heavy atom. The first-order chi connectivity index (χ1) is 12.6. The molecule has 2 heterocycles. The molecular formula is C20H32N4O2. The Morgan fingerprint density at radius 3 is 2.77 bits per heavy atom. The molecule has 6 nitrogen and oxygen atoms in total. The van der Waals surface area contributed by atoms with E-state index in [4.69, 9.17) is 4.52 Å². The van der Waals surface area contributed by atoms with Crippen molar-refractivity contribution in [3.8, 4) is 0 Å². The molecule has 1 N–H and O–H groups in total. The number of allylic oxidation sites excluding steroid dienone is 1. The number of aryl methyl sites for hydroxylation is 1. The molecule has 0 saturated carbocycles. The lowest BCUT2D eigenvalue weighted by molar-refractivity contribution is -0.126. The van der Waals surface area contributed by atoms with E-state index in [1.54, 1.807) is 0 Å². The fraction of sp³-hybridized carbons (Fsp3) is 0.700. The van der Waals surface area contributed by atoms with Gasteiger partial charge in [0.15, 0.2) is 0 Å². The molecule has 6 heteroatoms. The highest BCUT2D eigenvalue weighted by Gasteiger charge is 2.25. The third kappa shape index (κ3) is 5.42. The summed E-state index contributed by atoms with van der Waals surface area (Å²) in [5.41, 5.74) is 2.50. The molecule has 3 rings (SSSR count). The van der Waals surface area contributed by atoms with Crippen LogP contribution in [0.1, 0.15) is 50.5 Å². The number of nitrogens with one attached hydrogen (secondary N) is 1. The molecule has 1 unspecified atom stereocenters. The molecule has 0 spiro atoms. The molecule has 0 bridgehead atoms. The molecule has 2 aliphatic rings. The molecule has 1 aromatic rings. The summed E-state index contributed by atoms with van der Waals surface area (Å²) >= 11 is 0. The lowest BCUT2D eigenvalue weighted by Gasteiger charge is -2.37. The highest BCUT2D eigenvalue weighted by molar-refractivity contribution is 5.81. The molecule has 144 valence electrons. The highest BCUT2D eigenvalue weighted by Crippen LogP contribution is 2.19. The van der Waals surface area contributed by atoms with Gasteiger partial charge in [-0.15, -0.1) is 0 Å². The molecule has 1 atom stereocenters. The van der Waals surface area contributed by atoms with Gasteiger partial charge in [0.1, 0.15) is 5.76 Å². The number of rotatable bonds is 7. The molecule has 1 aliphatic heterocycles. The number of hydrogen-bond donors (Lipinski definition) is 1. The van der Waals surface area contributed by atoms with Crippen molar-refractivity contribution in [2.24, 2.45) is 0 Å². The molecule has 1 amide bonds. The van der Waals surface area contributed by atoms with Crippen LogP contribution in [0, 0.1) is 6.92 Å². The van der Waals surface area contributed by atoms with Crippen molar-refractivity contribution in [1.82, 2.24) is 20.3 Å². The second kappa shape index (κ2) is 9.33. The first-order valence-electron chi connectivity index (χ1n) is 9.96. The van der Waals surface area contributed by atoms with Crippen LogP contribution in [0.25, 0.3) is 0 Å². The van der Waals surface area contributed by atoms with E-state index in [0.717, 1.165) is 57.1 Å². The average Bonchev–Trinajstić information content (AvgIpc) is 3.07. The van der Waals surface area contributed by atoms with E-state index >= 15 is 0 Å². The van der Waals surface area contributed by atoms with Crippen molar-refractivity contribution >= 4 is 5.91 Å². The second-order valence-corrected chi connectivity index (χ2v) is 7.57. The Labute approximate surface area is 156 Å². The first-order valence-corrected chi connectivity index (χ1v) is 9.96. The van der Waals surface area contributed by atoms with Crippen LogP contribution in [0.2, 0.25) is 0 Å². The SMILES string of the molecule is Cc1cc(CN2CCN(C(C)C(=O)NCCC3=CCCCC3)CC2)no1. The van der Waals surface area contributed by atoms with E-state index < -0.39 is 0 Å². The lowest BCUT2D eigenvalue weighted by Crippen LogP contribution is -2.53. The van der Waals surface area contributed by atoms with E-state index in [9.17, 15) is 4.79 Å². The summed E-state index contributed by atoms with van der Waals surface area (Å²) in [5, 5.41) is 7.19. The van der Waals surface area contributed by atoms with Crippen molar-refractivity contribution in [2.75, 3.05) is 32.7 Å². The van der Waals surface area contributed by atoms with Gasteiger partial charge in [-0.2, -0.15) is 0 Å². The van der Waals surface area contributed by atoms with Crippen LogP contribution in [0.15, 0.2) is 22.2 Å². The standard InChI is InChI=1S/C20H32N4O2/c1-16-14-19(22-26-16)15-23-10-12-24(13-11-23)17(2)20(25)21-9-8-18-6-4-3-5-7-18/h6,14,17H,3-5,7-13,15H2,1-2H3,(H,21,25). The second-order valence-electron chi connectivity index (χ2n) is 7.57. The number of piperazine rings is 1. The topological polar surface area (TPSA) is 61.6 Å². The number of amides is 1. The molecule has 0 radical (unpaired) electrons. The van der Waals surface area contributed by atoms with Crippen LogP contribution in [-0.2, 0) is 11.3 Å². The number of carbonyl (C=O) groups is 1. The Morgan fingerprint density at radius 2 is 2.12 bits per heavy atom. The van der Waals surface area contributed by atoms with E-state index in [1.165, 1.54) is 31.3 Å². The maximum Gasteiger partial charge on any atom is 0.237 e. The fourth-order valence-corrected chi connectivity index (χ4v) is 3.82. The molecule has 1 saturated heterocycles. The Balaban J connectivity index is 1.36. The zero-order chi connectivity index (χ0) is 18.4. The van der Waals surface area contributed by atoms with Gasteiger partial charge in [-0.05, 0) is 46.0 Å². The summed E-state index contributed by atoms with van der Waals surface area (Å²) < 4.78 is 5.13. The van der Waals surface area contributed by atoms with Gasteiger partial charge in [-0.25, -0.2) is 0 Å². The predicted octanol–water partition coefficient (Wildman–Crippen LogP) is 2.50. The summed E-state index contributed by atoms with van der Waals surface area (Å²) in [5.74, 6) is 1.01.